The molecule has 0 radical (unpaired) electrons. The highest BCUT2D eigenvalue weighted by atomic mass is 127. The van der Waals surface area contributed by atoms with Crippen molar-refractivity contribution in [2.45, 2.75) is 6.92 Å². The Balaban J connectivity index is 2.59. The summed E-state index contributed by atoms with van der Waals surface area (Å²) in [6.45, 7) is 1.96. The molecule has 0 amide bonds. The number of halogens is 1. The van der Waals surface area contributed by atoms with E-state index in [-0.39, 0.29) is 0 Å². The summed E-state index contributed by atoms with van der Waals surface area (Å²) in [7, 11) is 0. The molecule has 0 atom stereocenters. The van der Waals surface area contributed by atoms with Gasteiger partial charge in [0.2, 0.25) is 0 Å². The molecule has 4 heteroatoms. The molecule has 0 saturated carbocycles. The summed E-state index contributed by atoms with van der Waals surface area (Å²) in [6.07, 6.45) is 3.55. The van der Waals surface area contributed by atoms with Gasteiger partial charge in [-0.15, -0.1) is 0 Å². The molecule has 15 heavy (non-hydrogen) atoms. The molecule has 2 aromatic heterocycles. The predicted octanol–water partition coefficient (Wildman–Crippen LogP) is 2.64. The largest absolute Gasteiger partial charge is 0.383 e. The number of aryl methyl sites for hydroxylation is 1. The van der Waals surface area contributed by atoms with Crippen LogP contribution in [-0.4, -0.2) is 9.97 Å². The first-order chi connectivity index (χ1) is 7.18. The van der Waals surface area contributed by atoms with Crippen molar-refractivity contribution in [3.05, 3.63) is 39.9 Å². The maximum absolute atomic E-state index is 5.74. The predicted molar refractivity (Wildman–Crippen MR) is 69.3 cm³/mol. The van der Waals surface area contributed by atoms with Gasteiger partial charge >= 0.3 is 0 Å². The van der Waals surface area contributed by atoms with Crippen molar-refractivity contribution in [3.8, 4) is 11.1 Å². The van der Waals surface area contributed by atoms with E-state index < -0.39 is 0 Å². The molecule has 2 aromatic rings. The highest BCUT2D eigenvalue weighted by molar-refractivity contribution is 14.1. The van der Waals surface area contributed by atoms with Crippen LogP contribution < -0.4 is 5.73 Å². The second-order valence-corrected chi connectivity index (χ2v) is 4.39. The van der Waals surface area contributed by atoms with Crippen LogP contribution in [0.3, 0.4) is 0 Å². The molecule has 76 valence electrons. The summed E-state index contributed by atoms with van der Waals surface area (Å²) >= 11 is 2.19. The number of hydrogen-bond acceptors (Lipinski definition) is 3. The minimum Gasteiger partial charge on any atom is -0.383 e. The third-order valence-corrected chi connectivity index (χ3v) is 3.05. The van der Waals surface area contributed by atoms with Crippen LogP contribution in [0.15, 0.2) is 30.6 Å². The summed E-state index contributed by atoms with van der Waals surface area (Å²) in [5.41, 5.74) is 8.91. The summed E-state index contributed by atoms with van der Waals surface area (Å²) in [4.78, 5) is 8.29. The normalized spacial score (nSPS) is 10.3. The lowest BCUT2D eigenvalue weighted by Crippen LogP contribution is -1.98. The number of rotatable bonds is 1. The van der Waals surface area contributed by atoms with Gasteiger partial charge in [-0.25, -0.2) is 4.98 Å². The van der Waals surface area contributed by atoms with E-state index in [0.29, 0.717) is 5.82 Å². The molecule has 0 fully saturated rings. The van der Waals surface area contributed by atoms with E-state index in [9.17, 15) is 0 Å². The van der Waals surface area contributed by atoms with Crippen molar-refractivity contribution < 1.29 is 0 Å². The number of pyridine rings is 2. The molecule has 0 aliphatic heterocycles. The van der Waals surface area contributed by atoms with Gasteiger partial charge in [0, 0.05) is 23.7 Å². The van der Waals surface area contributed by atoms with Crippen LogP contribution in [0.25, 0.3) is 11.1 Å². The molecular formula is C11H10IN3. The van der Waals surface area contributed by atoms with Crippen LogP contribution in [0, 0.1) is 10.5 Å². The number of nitrogens with two attached hydrogens (primary N) is 1. The third-order valence-electron chi connectivity index (χ3n) is 2.19. The van der Waals surface area contributed by atoms with E-state index >= 15 is 0 Å². The highest BCUT2D eigenvalue weighted by Gasteiger charge is 2.06. The zero-order valence-corrected chi connectivity index (χ0v) is 10.4. The standard InChI is InChI=1S/C11H10IN3/c1-7-9(6-10(12)11(13)15-7)8-2-4-14-5-3-8/h2-6H,1H3,(H2,13,15). The van der Waals surface area contributed by atoms with E-state index in [1.165, 1.54) is 0 Å². The van der Waals surface area contributed by atoms with Crippen LogP contribution in [0.5, 0.6) is 0 Å². The molecule has 0 aliphatic rings. The van der Waals surface area contributed by atoms with Gasteiger partial charge in [-0.2, -0.15) is 0 Å². The number of nitrogens with zero attached hydrogens (tertiary/aromatic N) is 2. The van der Waals surface area contributed by atoms with Crippen LogP contribution in [0.2, 0.25) is 0 Å². The van der Waals surface area contributed by atoms with Crippen LogP contribution in [-0.2, 0) is 0 Å². The molecular weight excluding hydrogens is 301 g/mol. The van der Waals surface area contributed by atoms with Gasteiger partial charge in [-0.1, -0.05) is 0 Å². The van der Waals surface area contributed by atoms with Crippen molar-refractivity contribution in [1.29, 1.82) is 0 Å². The molecule has 0 spiro atoms. The lowest BCUT2D eigenvalue weighted by molar-refractivity contribution is 1.20. The maximum Gasteiger partial charge on any atom is 0.137 e. The van der Waals surface area contributed by atoms with E-state index in [1.54, 1.807) is 12.4 Å². The van der Waals surface area contributed by atoms with Gasteiger partial charge in [0.15, 0.2) is 0 Å². The zero-order valence-electron chi connectivity index (χ0n) is 8.24. The quantitative estimate of drug-likeness (QED) is 0.824. The van der Waals surface area contributed by atoms with Gasteiger partial charge in [-0.05, 0) is 53.3 Å². The van der Waals surface area contributed by atoms with Gasteiger partial charge in [-0.3, -0.25) is 4.98 Å². The topological polar surface area (TPSA) is 51.8 Å². The fraction of sp³-hybridized carbons (Fsp3) is 0.0909. The average Bonchev–Trinajstić information content (AvgIpc) is 2.25. The number of anilines is 1. The third kappa shape index (κ3) is 2.09. The Morgan fingerprint density at radius 1 is 1.27 bits per heavy atom. The molecule has 0 bridgehead atoms. The molecule has 0 aromatic carbocycles. The zero-order chi connectivity index (χ0) is 10.8. The minimum atomic E-state index is 0.589. The molecule has 2 rings (SSSR count). The summed E-state index contributed by atoms with van der Waals surface area (Å²) in [6, 6.07) is 5.99. The molecule has 2 N–H and O–H groups in total. The van der Waals surface area contributed by atoms with Crippen molar-refractivity contribution in [2.24, 2.45) is 0 Å². The maximum atomic E-state index is 5.74. The van der Waals surface area contributed by atoms with E-state index in [2.05, 4.69) is 32.6 Å². The molecule has 3 nitrogen and oxygen atoms in total. The first kappa shape index (κ1) is 10.4. The van der Waals surface area contributed by atoms with Crippen LogP contribution in [0.1, 0.15) is 5.69 Å². The Kier molecular flexibility index (Phi) is 2.86. The average molecular weight is 311 g/mol. The van der Waals surface area contributed by atoms with Crippen LogP contribution in [0.4, 0.5) is 5.82 Å². The SMILES string of the molecule is Cc1nc(N)c(I)cc1-c1ccncc1. The molecule has 0 aliphatic carbocycles. The number of aromatic nitrogens is 2. The van der Waals surface area contributed by atoms with Gasteiger partial charge < -0.3 is 5.73 Å². The second-order valence-electron chi connectivity index (χ2n) is 3.22. The van der Waals surface area contributed by atoms with Crippen molar-refractivity contribution in [2.75, 3.05) is 5.73 Å². The minimum absolute atomic E-state index is 0.589. The number of hydrogen-bond donors (Lipinski definition) is 1. The smallest absolute Gasteiger partial charge is 0.137 e. The van der Waals surface area contributed by atoms with Gasteiger partial charge in [0.1, 0.15) is 5.82 Å². The van der Waals surface area contributed by atoms with Crippen molar-refractivity contribution >= 4 is 28.4 Å². The number of nitrogen functional groups attached to an aromatic ring is 1. The monoisotopic (exact) mass is 311 g/mol. The fourth-order valence-electron chi connectivity index (χ4n) is 1.42. The summed E-state index contributed by atoms with van der Waals surface area (Å²) < 4.78 is 0.977. The second kappa shape index (κ2) is 4.14. The Morgan fingerprint density at radius 2 is 1.93 bits per heavy atom. The molecule has 2 heterocycles. The first-order valence-electron chi connectivity index (χ1n) is 4.51. The van der Waals surface area contributed by atoms with Crippen molar-refractivity contribution in [1.82, 2.24) is 9.97 Å². The van der Waals surface area contributed by atoms with Crippen LogP contribution >= 0.6 is 22.6 Å². The van der Waals surface area contributed by atoms with Gasteiger partial charge in [0.25, 0.3) is 0 Å². The Labute approximate surface area is 102 Å². The lowest BCUT2D eigenvalue weighted by Gasteiger charge is -2.07. The van der Waals surface area contributed by atoms with Gasteiger partial charge in [0.05, 0.1) is 3.57 Å². The van der Waals surface area contributed by atoms with Crippen molar-refractivity contribution in [3.63, 3.8) is 0 Å². The lowest BCUT2D eigenvalue weighted by atomic mass is 10.1. The summed E-state index contributed by atoms with van der Waals surface area (Å²) in [5, 5.41) is 0. The van der Waals surface area contributed by atoms with E-state index in [0.717, 1.165) is 20.4 Å². The highest BCUT2D eigenvalue weighted by Crippen LogP contribution is 2.25. The fourth-order valence-corrected chi connectivity index (χ4v) is 1.86. The first-order valence-corrected chi connectivity index (χ1v) is 5.59. The summed E-state index contributed by atoms with van der Waals surface area (Å²) in [5.74, 6) is 0.589. The Hall–Kier alpha value is -1.17. The Morgan fingerprint density at radius 3 is 2.60 bits per heavy atom. The van der Waals surface area contributed by atoms with E-state index in [4.69, 9.17) is 5.73 Å². The Bertz CT molecular complexity index is 483. The van der Waals surface area contributed by atoms with E-state index in [1.807, 2.05) is 25.1 Å². The molecule has 0 unspecified atom stereocenters. The molecule has 0 saturated heterocycles.